The van der Waals surface area contributed by atoms with E-state index < -0.39 is 0 Å². The second-order valence-electron chi connectivity index (χ2n) is 7.08. The number of nitrogens with one attached hydrogen (secondary N) is 1. The molecule has 0 saturated carbocycles. The van der Waals surface area contributed by atoms with Gasteiger partial charge >= 0.3 is 0 Å². The highest BCUT2D eigenvalue weighted by Crippen LogP contribution is 2.20. The van der Waals surface area contributed by atoms with Gasteiger partial charge in [-0.25, -0.2) is 9.67 Å². The lowest BCUT2D eigenvalue weighted by Crippen LogP contribution is -2.27. The van der Waals surface area contributed by atoms with Crippen molar-refractivity contribution in [2.24, 2.45) is 0 Å². The Morgan fingerprint density at radius 3 is 2.60 bits per heavy atom. The summed E-state index contributed by atoms with van der Waals surface area (Å²) in [6.07, 6.45) is 2.54. The minimum atomic E-state index is -0.238. The van der Waals surface area contributed by atoms with Gasteiger partial charge in [0.05, 0.1) is 11.1 Å². The molecular weight excluding hydrogens is 444 g/mol. The molecule has 6 nitrogen and oxygen atoms in total. The van der Waals surface area contributed by atoms with E-state index in [2.05, 4.69) is 33.2 Å². The summed E-state index contributed by atoms with van der Waals surface area (Å²) in [6, 6.07) is 16.8. The van der Waals surface area contributed by atoms with Crippen molar-refractivity contribution in [2.75, 3.05) is 5.32 Å². The summed E-state index contributed by atoms with van der Waals surface area (Å²) >= 11 is 3.46. The van der Waals surface area contributed by atoms with Crippen molar-refractivity contribution in [3.8, 4) is 5.69 Å². The van der Waals surface area contributed by atoms with Crippen LogP contribution in [0.5, 0.6) is 0 Å². The fraction of sp³-hybridized carbons (Fsp3) is 0.174. The van der Waals surface area contributed by atoms with Gasteiger partial charge in [0.15, 0.2) is 5.65 Å². The summed E-state index contributed by atoms with van der Waals surface area (Å²) in [4.78, 5) is 30.3. The summed E-state index contributed by atoms with van der Waals surface area (Å²) in [5.74, 6) is -0.238. The Hall–Kier alpha value is -3.19. The van der Waals surface area contributed by atoms with Gasteiger partial charge < -0.3 is 5.32 Å². The van der Waals surface area contributed by atoms with Crippen molar-refractivity contribution >= 4 is 38.6 Å². The summed E-state index contributed by atoms with van der Waals surface area (Å²) in [7, 11) is 0. The monoisotopic (exact) mass is 464 g/mol. The van der Waals surface area contributed by atoms with Crippen LogP contribution in [0.1, 0.15) is 18.1 Å². The molecule has 30 heavy (non-hydrogen) atoms. The zero-order chi connectivity index (χ0) is 21.3. The number of amides is 1. The number of rotatable bonds is 5. The first kappa shape index (κ1) is 20.1. The fourth-order valence-corrected chi connectivity index (χ4v) is 3.67. The summed E-state index contributed by atoms with van der Waals surface area (Å²) in [5.41, 5.74) is 3.87. The van der Waals surface area contributed by atoms with Crippen LogP contribution in [0.4, 0.5) is 5.69 Å². The standard InChI is InChI=1S/C23H21BrN4O2/c1-3-16-6-9-18(10-7-16)28-23(30)19-5-4-12-25-22(19)27(28)14-21(29)26-17-8-11-20(24)15(2)13-17/h4-13H,3,14H2,1-2H3,(H,26,29). The summed E-state index contributed by atoms with van der Waals surface area (Å²) < 4.78 is 4.12. The number of hydrogen-bond donors (Lipinski definition) is 1. The van der Waals surface area contributed by atoms with E-state index in [-0.39, 0.29) is 18.0 Å². The van der Waals surface area contributed by atoms with Crippen molar-refractivity contribution in [1.82, 2.24) is 14.3 Å². The summed E-state index contributed by atoms with van der Waals surface area (Å²) in [5, 5.41) is 3.38. The molecule has 2 aromatic heterocycles. The van der Waals surface area contributed by atoms with Crippen LogP contribution in [-0.2, 0) is 17.8 Å². The Morgan fingerprint density at radius 1 is 1.13 bits per heavy atom. The molecule has 0 atom stereocenters. The number of halogens is 1. The minimum Gasteiger partial charge on any atom is -0.324 e. The van der Waals surface area contributed by atoms with Gasteiger partial charge in [-0.1, -0.05) is 35.0 Å². The Bertz CT molecular complexity index is 1290. The number of carbonyl (C=O) groups excluding carboxylic acids is 1. The van der Waals surface area contributed by atoms with E-state index in [1.54, 1.807) is 23.0 Å². The van der Waals surface area contributed by atoms with Crippen molar-refractivity contribution in [1.29, 1.82) is 0 Å². The van der Waals surface area contributed by atoms with Crippen LogP contribution < -0.4 is 10.9 Å². The minimum absolute atomic E-state index is 0.0413. The van der Waals surface area contributed by atoms with Gasteiger partial charge in [0.2, 0.25) is 5.91 Å². The molecule has 1 amide bonds. The highest BCUT2D eigenvalue weighted by Gasteiger charge is 2.18. The average molecular weight is 465 g/mol. The number of fused-ring (bicyclic) bond motifs is 1. The number of pyridine rings is 1. The van der Waals surface area contributed by atoms with Gasteiger partial charge in [-0.15, -0.1) is 0 Å². The third-order valence-electron chi connectivity index (χ3n) is 5.02. The maximum Gasteiger partial charge on any atom is 0.280 e. The number of carbonyl (C=O) groups is 1. The molecular formula is C23H21BrN4O2. The van der Waals surface area contributed by atoms with Gasteiger partial charge in [0.1, 0.15) is 6.54 Å². The van der Waals surface area contributed by atoms with E-state index in [1.165, 1.54) is 10.2 Å². The molecule has 0 spiro atoms. The highest BCUT2D eigenvalue weighted by atomic mass is 79.9. The predicted octanol–water partition coefficient (Wildman–Crippen LogP) is 4.46. The molecule has 0 aliphatic rings. The first-order valence-electron chi connectivity index (χ1n) is 9.70. The lowest BCUT2D eigenvalue weighted by Gasteiger charge is -2.13. The first-order valence-corrected chi connectivity index (χ1v) is 10.5. The van der Waals surface area contributed by atoms with Crippen LogP contribution in [-0.4, -0.2) is 20.3 Å². The van der Waals surface area contributed by atoms with E-state index in [1.807, 2.05) is 49.4 Å². The van der Waals surface area contributed by atoms with Crippen molar-refractivity contribution in [3.63, 3.8) is 0 Å². The van der Waals surface area contributed by atoms with Crippen LogP contribution in [0, 0.1) is 6.92 Å². The van der Waals surface area contributed by atoms with Crippen LogP contribution in [0.3, 0.4) is 0 Å². The molecule has 4 aromatic rings. The molecule has 4 rings (SSSR count). The van der Waals surface area contributed by atoms with Crippen molar-refractivity contribution < 1.29 is 4.79 Å². The van der Waals surface area contributed by atoms with Crippen molar-refractivity contribution in [3.05, 3.63) is 86.7 Å². The Labute approximate surface area is 182 Å². The Morgan fingerprint density at radius 2 is 1.90 bits per heavy atom. The van der Waals surface area contributed by atoms with Gasteiger partial charge in [-0.05, 0) is 66.9 Å². The number of benzene rings is 2. The molecule has 0 aliphatic carbocycles. The molecule has 0 saturated heterocycles. The van der Waals surface area contributed by atoms with Gasteiger partial charge in [-0.3, -0.25) is 14.3 Å². The van der Waals surface area contributed by atoms with Gasteiger partial charge in [0, 0.05) is 16.4 Å². The predicted molar refractivity (Wildman–Crippen MR) is 122 cm³/mol. The molecule has 7 heteroatoms. The van der Waals surface area contributed by atoms with E-state index >= 15 is 0 Å². The molecule has 0 fully saturated rings. The molecule has 2 aromatic carbocycles. The fourth-order valence-electron chi connectivity index (χ4n) is 3.42. The molecule has 2 heterocycles. The molecule has 0 radical (unpaired) electrons. The SMILES string of the molecule is CCc1ccc(-n2c(=O)c3cccnc3n2CC(=O)Nc2ccc(Br)c(C)c2)cc1. The molecule has 0 bridgehead atoms. The van der Waals surface area contributed by atoms with E-state index in [9.17, 15) is 9.59 Å². The van der Waals surface area contributed by atoms with Crippen LogP contribution in [0.15, 0.2) is 70.1 Å². The second-order valence-corrected chi connectivity index (χ2v) is 7.94. The summed E-state index contributed by atoms with van der Waals surface area (Å²) in [6.45, 7) is 4.00. The smallest absolute Gasteiger partial charge is 0.280 e. The van der Waals surface area contributed by atoms with Crippen LogP contribution >= 0.6 is 15.9 Å². The second kappa shape index (κ2) is 8.28. The number of anilines is 1. The molecule has 0 unspecified atom stereocenters. The van der Waals surface area contributed by atoms with Crippen LogP contribution in [0.25, 0.3) is 16.7 Å². The number of hydrogen-bond acceptors (Lipinski definition) is 3. The lowest BCUT2D eigenvalue weighted by molar-refractivity contribution is -0.116. The normalized spacial score (nSPS) is 11.0. The molecule has 1 N–H and O–H groups in total. The highest BCUT2D eigenvalue weighted by molar-refractivity contribution is 9.10. The zero-order valence-electron chi connectivity index (χ0n) is 16.7. The third kappa shape index (κ3) is 3.80. The lowest BCUT2D eigenvalue weighted by atomic mass is 10.1. The van der Waals surface area contributed by atoms with E-state index in [4.69, 9.17) is 0 Å². The number of aryl methyl sites for hydroxylation is 2. The van der Waals surface area contributed by atoms with Gasteiger partial charge in [-0.2, -0.15) is 0 Å². The largest absolute Gasteiger partial charge is 0.324 e. The Kier molecular flexibility index (Phi) is 5.55. The maximum absolute atomic E-state index is 13.1. The van der Waals surface area contributed by atoms with Gasteiger partial charge in [0.25, 0.3) is 5.56 Å². The molecule has 152 valence electrons. The number of nitrogens with zero attached hydrogens (tertiary/aromatic N) is 3. The van der Waals surface area contributed by atoms with E-state index in [0.717, 1.165) is 16.5 Å². The van der Waals surface area contributed by atoms with Crippen LogP contribution in [0.2, 0.25) is 0 Å². The third-order valence-corrected chi connectivity index (χ3v) is 5.91. The quantitative estimate of drug-likeness (QED) is 0.473. The number of aromatic nitrogens is 3. The maximum atomic E-state index is 13.1. The van der Waals surface area contributed by atoms with E-state index in [0.29, 0.717) is 22.4 Å². The van der Waals surface area contributed by atoms with Crippen molar-refractivity contribution in [2.45, 2.75) is 26.8 Å². The molecule has 0 aliphatic heterocycles. The Balaban J connectivity index is 1.74. The average Bonchev–Trinajstić information content (AvgIpc) is 3.02. The first-order chi connectivity index (χ1) is 14.5. The topological polar surface area (TPSA) is 68.9 Å². The zero-order valence-corrected chi connectivity index (χ0v) is 18.3.